The first-order valence-corrected chi connectivity index (χ1v) is 7.26. The summed E-state index contributed by atoms with van der Waals surface area (Å²) in [6.07, 6.45) is 0.972. The average Bonchev–Trinajstić information content (AvgIpc) is 2.44. The van der Waals surface area contributed by atoms with Crippen LogP contribution in [0.25, 0.3) is 0 Å². The second-order valence-electron chi connectivity index (χ2n) is 5.46. The molecular formula is C16H27NO3. The zero-order chi connectivity index (χ0) is 15.0. The van der Waals surface area contributed by atoms with E-state index in [2.05, 4.69) is 12.2 Å². The molecule has 0 spiro atoms. The van der Waals surface area contributed by atoms with E-state index in [0.29, 0.717) is 19.8 Å². The lowest BCUT2D eigenvalue weighted by atomic mass is 10.1. The standard InChI is InChI=1S/C16H27NO3/c1-5-9-20-14-8-7-13(10-15(14)19-6-2)11-17-16(3,4)12-18/h7-8,10,17-18H,5-6,9,11-12H2,1-4H3. The Balaban J connectivity index is 2.76. The van der Waals surface area contributed by atoms with Crippen LogP contribution >= 0.6 is 0 Å². The van der Waals surface area contributed by atoms with Gasteiger partial charge in [0, 0.05) is 12.1 Å². The molecule has 0 heterocycles. The van der Waals surface area contributed by atoms with Gasteiger partial charge in [-0.25, -0.2) is 0 Å². The van der Waals surface area contributed by atoms with Gasteiger partial charge in [0.2, 0.25) is 0 Å². The van der Waals surface area contributed by atoms with Crippen molar-refractivity contribution in [2.24, 2.45) is 0 Å². The van der Waals surface area contributed by atoms with E-state index in [9.17, 15) is 5.11 Å². The number of rotatable bonds is 9. The summed E-state index contributed by atoms with van der Waals surface area (Å²) in [7, 11) is 0. The summed E-state index contributed by atoms with van der Waals surface area (Å²) in [6.45, 7) is 10.1. The summed E-state index contributed by atoms with van der Waals surface area (Å²) in [5, 5.41) is 12.6. The molecule has 4 nitrogen and oxygen atoms in total. The van der Waals surface area contributed by atoms with Crippen molar-refractivity contribution in [1.29, 1.82) is 0 Å². The molecule has 20 heavy (non-hydrogen) atoms. The van der Waals surface area contributed by atoms with Gasteiger partial charge in [-0.1, -0.05) is 13.0 Å². The molecule has 2 N–H and O–H groups in total. The first-order chi connectivity index (χ1) is 9.52. The van der Waals surface area contributed by atoms with Crippen LogP contribution in [0.15, 0.2) is 18.2 Å². The number of hydrogen-bond acceptors (Lipinski definition) is 4. The van der Waals surface area contributed by atoms with Gasteiger partial charge in [0.05, 0.1) is 19.8 Å². The Bertz CT molecular complexity index is 405. The summed E-state index contributed by atoms with van der Waals surface area (Å²) in [4.78, 5) is 0. The maximum absolute atomic E-state index is 9.24. The highest BCUT2D eigenvalue weighted by atomic mass is 16.5. The van der Waals surface area contributed by atoms with Gasteiger partial charge in [0.1, 0.15) is 0 Å². The lowest BCUT2D eigenvalue weighted by Crippen LogP contribution is -2.42. The minimum Gasteiger partial charge on any atom is -0.490 e. The molecule has 4 heteroatoms. The number of ether oxygens (including phenoxy) is 2. The van der Waals surface area contributed by atoms with Crippen molar-refractivity contribution < 1.29 is 14.6 Å². The second-order valence-corrected chi connectivity index (χ2v) is 5.46. The van der Waals surface area contributed by atoms with E-state index in [0.717, 1.165) is 23.5 Å². The molecule has 0 aromatic heterocycles. The topological polar surface area (TPSA) is 50.7 Å². The number of hydrogen-bond donors (Lipinski definition) is 2. The lowest BCUT2D eigenvalue weighted by molar-refractivity contribution is 0.187. The third-order valence-electron chi connectivity index (χ3n) is 2.94. The van der Waals surface area contributed by atoms with Crippen LogP contribution in [-0.4, -0.2) is 30.5 Å². The van der Waals surface area contributed by atoms with Gasteiger partial charge in [-0.05, 0) is 44.9 Å². The van der Waals surface area contributed by atoms with E-state index in [-0.39, 0.29) is 12.1 Å². The lowest BCUT2D eigenvalue weighted by Gasteiger charge is -2.24. The molecule has 1 rings (SSSR count). The molecule has 0 fully saturated rings. The number of nitrogens with one attached hydrogen (secondary N) is 1. The maximum atomic E-state index is 9.24. The maximum Gasteiger partial charge on any atom is 0.161 e. The largest absolute Gasteiger partial charge is 0.490 e. The molecule has 0 atom stereocenters. The van der Waals surface area contributed by atoms with Gasteiger partial charge in [0.25, 0.3) is 0 Å². The van der Waals surface area contributed by atoms with Crippen LogP contribution in [0.5, 0.6) is 11.5 Å². The Morgan fingerprint density at radius 3 is 2.50 bits per heavy atom. The minimum absolute atomic E-state index is 0.100. The fourth-order valence-electron chi connectivity index (χ4n) is 1.66. The molecule has 0 bridgehead atoms. The molecule has 0 radical (unpaired) electrons. The van der Waals surface area contributed by atoms with Gasteiger partial charge in [0.15, 0.2) is 11.5 Å². The Morgan fingerprint density at radius 1 is 1.15 bits per heavy atom. The summed E-state index contributed by atoms with van der Waals surface area (Å²) in [5.41, 5.74) is 0.821. The molecule has 0 aliphatic rings. The molecule has 0 amide bonds. The first-order valence-electron chi connectivity index (χ1n) is 7.26. The SMILES string of the molecule is CCCOc1ccc(CNC(C)(C)CO)cc1OCC. The fraction of sp³-hybridized carbons (Fsp3) is 0.625. The molecular weight excluding hydrogens is 254 g/mol. The third kappa shape index (κ3) is 5.39. The predicted molar refractivity (Wildman–Crippen MR) is 81.4 cm³/mol. The molecule has 1 aromatic rings. The van der Waals surface area contributed by atoms with E-state index < -0.39 is 0 Å². The number of aliphatic hydroxyl groups excluding tert-OH is 1. The molecule has 0 aliphatic heterocycles. The van der Waals surface area contributed by atoms with Crippen molar-refractivity contribution in [3.63, 3.8) is 0 Å². The van der Waals surface area contributed by atoms with Crippen molar-refractivity contribution in [2.75, 3.05) is 19.8 Å². The van der Waals surface area contributed by atoms with Gasteiger partial charge in [-0.15, -0.1) is 0 Å². The van der Waals surface area contributed by atoms with E-state index in [1.54, 1.807) is 0 Å². The average molecular weight is 281 g/mol. The summed E-state index contributed by atoms with van der Waals surface area (Å²) in [5.74, 6) is 1.57. The van der Waals surface area contributed by atoms with Crippen LogP contribution in [0.3, 0.4) is 0 Å². The quantitative estimate of drug-likeness (QED) is 0.731. The van der Waals surface area contributed by atoms with Crippen LogP contribution in [-0.2, 0) is 6.54 Å². The molecule has 0 saturated heterocycles. The molecule has 0 saturated carbocycles. The van der Waals surface area contributed by atoms with Crippen LogP contribution < -0.4 is 14.8 Å². The van der Waals surface area contributed by atoms with Gasteiger partial charge < -0.3 is 19.9 Å². The van der Waals surface area contributed by atoms with Crippen molar-refractivity contribution >= 4 is 0 Å². The monoisotopic (exact) mass is 281 g/mol. The van der Waals surface area contributed by atoms with Crippen molar-refractivity contribution in [3.05, 3.63) is 23.8 Å². The van der Waals surface area contributed by atoms with Gasteiger partial charge in [-0.2, -0.15) is 0 Å². The second kappa shape index (κ2) is 8.12. The normalized spacial score (nSPS) is 11.4. The van der Waals surface area contributed by atoms with Crippen LogP contribution in [0.2, 0.25) is 0 Å². The zero-order valence-corrected chi connectivity index (χ0v) is 13.0. The predicted octanol–water partition coefficient (Wildman–Crippen LogP) is 2.73. The highest BCUT2D eigenvalue weighted by Gasteiger charge is 2.15. The zero-order valence-electron chi connectivity index (χ0n) is 13.0. The molecule has 0 unspecified atom stereocenters. The minimum atomic E-state index is -0.289. The Morgan fingerprint density at radius 2 is 1.90 bits per heavy atom. The highest BCUT2D eigenvalue weighted by molar-refractivity contribution is 5.43. The molecule has 114 valence electrons. The van der Waals surface area contributed by atoms with Crippen LogP contribution in [0, 0.1) is 0 Å². The summed E-state index contributed by atoms with van der Waals surface area (Å²) in [6, 6.07) is 5.96. The Hall–Kier alpha value is -1.26. The van der Waals surface area contributed by atoms with Crippen LogP contribution in [0.1, 0.15) is 39.7 Å². The van der Waals surface area contributed by atoms with Crippen molar-refractivity contribution in [3.8, 4) is 11.5 Å². The highest BCUT2D eigenvalue weighted by Crippen LogP contribution is 2.28. The fourth-order valence-corrected chi connectivity index (χ4v) is 1.66. The van der Waals surface area contributed by atoms with E-state index in [1.165, 1.54) is 0 Å². The number of aliphatic hydroxyl groups is 1. The smallest absolute Gasteiger partial charge is 0.161 e. The molecule has 1 aromatic carbocycles. The van der Waals surface area contributed by atoms with Gasteiger partial charge in [-0.3, -0.25) is 0 Å². The van der Waals surface area contributed by atoms with Crippen molar-refractivity contribution in [1.82, 2.24) is 5.32 Å². The Kier molecular flexibility index (Phi) is 6.82. The third-order valence-corrected chi connectivity index (χ3v) is 2.94. The van der Waals surface area contributed by atoms with E-state index >= 15 is 0 Å². The van der Waals surface area contributed by atoms with E-state index in [1.807, 2.05) is 39.0 Å². The Labute approximate surface area is 122 Å². The summed E-state index contributed by atoms with van der Waals surface area (Å²) >= 11 is 0. The van der Waals surface area contributed by atoms with Crippen LogP contribution in [0.4, 0.5) is 0 Å². The summed E-state index contributed by atoms with van der Waals surface area (Å²) < 4.78 is 11.3. The van der Waals surface area contributed by atoms with Gasteiger partial charge >= 0.3 is 0 Å². The van der Waals surface area contributed by atoms with E-state index in [4.69, 9.17) is 9.47 Å². The van der Waals surface area contributed by atoms with Crippen molar-refractivity contribution in [2.45, 2.75) is 46.2 Å². The molecule has 0 aliphatic carbocycles. The first kappa shape index (κ1) is 16.8. The number of benzene rings is 1.